The fourth-order valence-electron chi connectivity index (χ4n) is 3.30. The van der Waals surface area contributed by atoms with E-state index in [0.717, 1.165) is 38.6 Å². The quantitative estimate of drug-likeness (QED) is 0.604. The number of hydrogen-bond acceptors (Lipinski definition) is 4. The number of aliphatic carboxylic acids is 2. The summed E-state index contributed by atoms with van der Waals surface area (Å²) in [5, 5.41) is 14.8. The molecular formula is C20H25FN2O5. The average molecular weight is 392 g/mol. The molecule has 0 aromatic heterocycles. The van der Waals surface area contributed by atoms with Crippen LogP contribution in [0.4, 0.5) is 4.39 Å². The Kier molecular flexibility index (Phi) is 8.13. The third-order valence-corrected chi connectivity index (χ3v) is 4.83. The van der Waals surface area contributed by atoms with E-state index in [1.807, 2.05) is 4.90 Å². The Labute approximate surface area is 163 Å². The van der Waals surface area contributed by atoms with Crippen molar-refractivity contribution in [3.05, 3.63) is 47.8 Å². The number of carboxylic acid groups (broad SMARTS) is 2. The molecule has 8 heteroatoms. The number of carbonyl (C=O) groups excluding carboxylic acids is 1. The third kappa shape index (κ3) is 6.77. The average Bonchev–Trinajstić information content (AvgIpc) is 2.70. The van der Waals surface area contributed by atoms with Gasteiger partial charge in [0, 0.05) is 38.3 Å². The number of halogens is 1. The van der Waals surface area contributed by atoms with Gasteiger partial charge in [0.25, 0.3) is 5.91 Å². The fourth-order valence-corrected chi connectivity index (χ4v) is 3.30. The summed E-state index contributed by atoms with van der Waals surface area (Å²) in [6.07, 6.45) is 8.24. The van der Waals surface area contributed by atoms with Gasteiger partial charge in [-0.2, -0.15) is 0 Å². The Hall–Kier alpha value is -2.74. The SMILES string of the molecule is O=C(O)C(=O)O.O=C(c1ccc(F)cc1)N1CCN(CC2CC=CCC2)CC1. The first kappa shape index (κ1) is 21.6. The molecule has 1 aliphatic heterocycles. The molecule has 1 heterocycles. The number of benzene rings is 1. The second-order valence-corrected chi connectivity index (χ2v) is 6.86. The number of allylic oxidation sites excluding steroid dienone is 2. The van der Waals surface area contributed by atoms with Crippen LogP contribution in [0.15, 0.2) is 36.4 Å². The van der Waals surface area contributed by atoms with E-state index < -0.39 is 11.9 Å². The van der Waals surface area contributed by atoms with E-state index in [1.54, 1.807) is 12.1 Å². The van der Waals surface area contributed by atoms with Crippen LogP contribution in [0.25, 0.3) is 0 Å². The number of hydrogen-bond donors (Lipinski definition) is 2. The zero-order valence-electron chi connectivity index (χ0n) is 15.6. The highest BCUT2D eigenvalue weighted by Crippen LogP contribution is 2.20. The predicted octanol–water partition coefficient (Wildman–Crippen LogP) is 2.10. The Morgan fingerprint density at radius 3 is 2.07 bits per heavy atom. The highest BCUT2D eigenvalue weighted by Gasteiger charge is 2.23. The van der Waals surface area contributed by atoms with Gasteiger partial charge in [-0.15, -0.1) is 0 Å². The van der Waals surface area contributed by atoms with Crippen LogP contribution >= 0.6 is 0 Å². The van der Waals surface area contributed by atoms with Gasteiger partial charge in [0.05, 0.1) is 0 Å². The molecule has 152 valence electrons. The maximum Gasteiger partial charge on any atom is 0.414 e. The van der Waals surface area contributed by atoms with Crippen molar-refractivity contribution in [3.63, 3.8) is 0 Å². The van der Waals surface area contributed by atoms with Crippen molar-refractivity contribution in [1.29, 1.82) is 0 Å². The topological polar surface area (TPSA) is 98.1 Å². The molecule has 0 bridgehead atoms. The molecule has 1 fully saturated rings. The van der Waals surface area contributed by atoms with Gasteiger partial charge in [0.1, 0.15) is 5.82 Å². The van der Waals surface area contributed by atoms with Crippen LogP contribution in [-0.4, -0.2) is 70.6 Å². The largest absolute Gasteiger partial charge is 0.473 e. The Bertz CT molecular complexity index is 700. The summed E-state index contributed by atoms with van der Waals surface area (Å²) >= 11 is 0. The highest BCUT2D eigenvalue weighted by molar-refractivity contribution is 6.27. The molecule has 0 saturated carbocycles. The zero-order valence-corrected chi connectivity index (χ0v) is 15.6. The second-order valence-electron chi connectivity index (χ2n) is 6.86. The van der Waals surface area contributed by atoms with Gasteiger partial charge in [-0.25, -0.2) is 14.0 Å². The summed E-state index contributed by atoms with van der Waals surface area (Å²) in [4.78, 5) is 34.9. The minimum absolute atomic E-state index is 0.0141. The van der Waals surface area contributed by atoms with Crippen LogP contribution in [0, 0.1) is 11.7 Å². The number of rotatable bonds is 3. The molecule has 1 aliphatic carbocycles. The molecule has 2 aliphatic rings. The highest BCUT2D eigenvalue weighted by atomic mass is 19.1. The Morgan fingerprint density at radius 1 is 0.964 bits per heavy atom. The van der Waals surface area contributed by atoms with Gasteiger partial charge in [-0.05, 0) is 49.4 Å². The molecule has 7 nitrogen and oxygen atoms in total. The maximum atomic E-state index is 12.9. The van der Waals surface area contributed by atoms with Crippen LogP contribution in [0.3, 0.4) is 0 Å². The number of amides is 1. The summed E-state index contributed by atoms with van der Waals surface area (Å²) < 4.78 is 12.9. The molecule has 2 N–H and O–H groups in total. The standard InChI is InChI=1S/C18H23FN2O.C2H2O4/c19-17-8-6-16(7-9-17)18(22)21-12-10-20(11-13-21)14-15-4-2-1-3-5-15;3-1(4)2(5)6/h1-2,6-9,15H,3-5,10-14H2;(H,3,4)(H,5,6). The van der Waals surface area contributed by atoms with E-state index in [9.17, 15) is 9.18 Å². The first-order valence-electron chi connectivity index (χ1n) is 9.25. The van der Waals surface area contributed by atoms with Gasteiger partial charge in [-0.1, -0.05) is 12.2 Å². The lowest BCUT2D eigenvalue weighted by Crippen LogP contribution is -2.49. The molecule has 1 amide bonds. The van der Waals surface area contributed by atoms with E-state index in [4.69, 9.17) is 19.8 Å². The van der Waals surface area contributed by atoms with Crippen LogP contribution in [0.2, 0.25) is 0 Å². The molecule has 28 heavy (non-hydrogen) atoms. The summed E-state index contributed by atoms with van der Waals surface area (Å²) in [6.45, 7) is 4.54. The lowest BCUT2D eigenvalue weighted by atomic mass is 9.94. The van der Waals surface area contributed by atoms with Crippen molar-refractivity contribution in [2.45, 2.75) is 19.3 Å². The molecule has 0 spiro atoms. The normalized spacial score (nSPS) is 19.5. The van der Waals surface area contributed by atoms with Crippen molar-refractivity contribution in [2.24, 2.45) is 5.92 Å². The lowest BCUT2D eigenvalue weighted by Gasteiger charge is -2.36. The number of piperazine rings is 1. The van der Waals surface area contributed by atoms with Gasteiger partial charge in [0.15, 0.2) is 0 Å². The van der Waals surface area contributed by atoms with Crippen molar-refractivity contribution >= 4 is 17.8 Å². The van der Waals surface area contributed by atoms with Crippen molar-refractivity contribution < 1.29 is 29.0 Å². The summed E-state index contributed by atoms with van der Waals surface area (Å²) in [5.41, 5.74) is 0.576. The van der Waals surface area contributed by atoms with Crippen LogP contribution in [-0.2, 0) is 9.59 Å². The van der Waals surface area contributed by atoms with E-state index in [2.05, 4.69) is 17.1 Å². The molecule has 0 radical (unpaired) electrons. The third-order valence-electron chi connectivity index (χ3n) is 4.83. The van der Waals surface area contributed by atoms with Crippen LogP contribution < -0.4 is 0 Å². The predicted molar refractivity (Wildman–Crippen MR) is 100 cm³/mol. The van der Waals surface area contributed by atoms with Crippen LogP contribution in [0.5, 0.6) is 0 Å². The minimum Gasteiger partial charge on any atom is -0.473 e. The number of carbonyl (C=O) groups is 3. The van der Waals surface area contributed by atoms with Crippen molar-refractivity contribution in [2.75, 3.05) is 32.7 Å². The fraction of sp³-hybridized carbons (Fsp3) is 0.450. The molecule has 1 aromatic carbocycles. The van der Waals surface area contributed by atoms with Gasteiger partial charge in [-0.3, -0.25) is 9.69 Å². The number of carboxylic acids is 2. The lowest BCUT2D eigenvalue weighted by molar-refractivity contribution is -0.159. The number of nitrogens with zero attached hydrogens (tertiary/aromatic N) is 2. The van der Waals surface area contributed by atoms with E-state index in [1.165, 1.54) is 31.4 Å². The van der Waals surface area contributed by atoms with Gasteiger partial charge in [0.2, 0.25) is 0 Å². The first-order valence-corrected chi connectivity index (χ1v) is 9.25. The molecule has 1 unspecified atom stereocenters. The zero-order chi connectivity index (χ0) is 20.5. The molecular weight excluding hydrogens is 367 g/mol. The van der Waals surface area contributed by atoms with Crippen molar-refractivity contribution in [1.82, 2.24) is 9.80 Å². The Morgan fingerprint density at radius 2 is 1.57 bits per heavy atom. The molecule has 1 aromatic rings. The summed E-state index contributed by atoms with van der Waals surface area (Å²) in [5.74, 6) is -3.17. The van der Waals surface area contributed by atoms with E-state index in [0.29, 0.717) is 5.56 Å². The van der Waals surface area contributed by atoms with Crippen LogP contribution in [0.1, 0.15) is 29.6 Å². The van der Waals surface area contributed by atoms with Gasteiger partial charge < -0.3 is 15.1 Å². The Balaban J connectivity index is 0.000000409. The molecule has 3 rings (SSSR count). The second kappa shape index (κ2) is 10.6. The summed E-state index contributed by atoms with van der Waals surface area (Å²) in [7, 11) is 0. The van der Waals surface area contributed by atoms with E-state index >= 15 is 0 Å². The maximum absolute atomic E-state index is 12.9. The minimum atomic E-state index is -1.82. The summed E-state index contributed by atoms with van der Waals surface area (Å²) in [6, 6.07) is 5.83. The van der Waals surface area contributed by atoms with Crippen molar-refractivity contribution in [3.8, 4) is 0 Å². The monoisotopic (exact) mass is 392 g/mol. The smallest absolute Gasteiger partial charge is 0.414 e. The van der Waals surface area contributed by atoms with E-state index in [-0.39, 0.29) is 11.7 Å². The van der Waals surface area contributed by atoms with Gasteiger partial charge >= 0.3 is 11.9 Å². The molecule has 1 saturated heterocycles. The first-order chi connectivity index (χ1) is 13.4. The molecule has 1 atom stereocenters.